The lowest BCUT2D eigenvalue weighted by atomic mass is 10.0. The van der Waals surface area contributed by atoms with E-state index in [1.54, 1.807) is 7.11 Å². The van der Waals surface area contributed by atoms with Gasteiger partial charge in [0.05, 0.1) is 6.61 Å². The minimum Gasteiger partial charge on any atom is -0.381 e. The van der Waals surface area contributed by atoms with Crippen LogP contribution in [0.15, 0.2) is 60.7 Å². The van der Waals surface area contributed by atoms with Gasteiger partial charge in [-0.25, -0.2) is 0 Å². The van der Waals surface area contributed by atoms with Crippen LogP contribution in [0, 0.1) is 6.92 Å². The number of methoxy groups -OCH3 is 1. The first-order valence-corrected chi connectivity index (χ1v) is 7.56. The van der Waals surface area contributed by atoms with Gasteiger partial charge in [0.1, 0.15) is 0 Å². The second-order valence-corrected chi connectivity index (χ2v) is 5.62. The van der Waals surface area contributed by atoms with Gasteiger partial charge < -0.3 is 10.1 Å². The molecule has 0 bridgehead atoms. The van der Waals surface area contributed by atoms with Gasteiger partial charge in [0.15, 0.2) is 0 Å². The molecule has 0 saturated carbocycles. The Bertz CT molecular complexity index is 762. The molecule has 3 rings (SSSR count). The number of hydrogen-bond donors (Lipinski definition) is 1. The minimum atomic E-state index is 0.635. The highest BCUT2D eigenvalue weighted by molar-refractivity contribution is 5.84. The van der Waals surface area contributed by atoms with Gasteiger partial charge >= 0.3 is 0 Å². The molecule has 2 heteroatoms. The standard InChI is InChI=1S/C20H21NO/c1-15-7-9-20(10-8-15)21-13-18-11-16-5-3-4-6-17(16)12-19(18)14-22-2/h3-12,21H,13-14H2,1-2H3. The molecular formula is C20H21NO. The molecule has 0 saturated heterocycles. The van der Waals surface area contributed by atoms with Crippen molar-refractivity contribution in [3.05, 3.63) is 77.4 Å². The molecule has 0 aromatic heterocycles. The van der Waals surface area contributed by atoms with Gasteiger partial charge in [0.2, 0.25) is 0 Å². The highest BCUT2D eigenvalue weighted by Gasteiger charge is 2.05. The van der Waals surface area contributed by atoms with Crippen molar-refractivity contribution in [2.45, 2.75) is 20.1 Å². The SMILES string of the molecule is COCc1cc2ccccc2cc1CNc1ccc(C)cc1. The van der Waals surface area contributed by atoms with Crippen LogP contribution in [-0.2, 0) is 17.9 Å². The molecule has 0 spiro atoms. The van der Waals surface area contributed by atoms with Crippen LogP contribution in [0.3, 0.4) is 0 Å². The van der Waals surface area contributed by atoms with Crippen molar-refractivity contribution in [1.29, 1.82) is 0 Å². The maximum Gasteiger partial charge on any atom is 0.0716 e. The molecular weight excluding hydrogens is 270 g/mol. The van der Waals surface area contributed by atoms with Crippen molar-refractivity contribution in [1.82, 2.24) is 0 Å². The average Bonchev–Trinajstić information content (AvgIpc) is 2.54. The second kappa shape index (κ2) is 6.63. The summed E-state index contributed by atoms with van der Waals surface area (Å²) < 4.78 is 5.36. The predicted octanol–water partition coefficient (Wildman–Crippen LogP) is 4.91. The van der Waals surface area contributed by atoms with Crippen molar-refractivity contribution < 1.29 is 4.74 Å². The van der Waals surface area contributed by atoms with Gasteiger partial charge in [-0.05, 0) is 53.1 Å². The van der Waals surface area contributed by atoms with Crippen LogP contribution in [0.2, 0.25) is 0 Å². The largest absolute Gasteiger partial charge is 0.381 e. The number of anilines is 1. The Labute approximate surface area is 131 Å². The molecule has 0 atom stereocenters. The van der Waals surface area contributed by atoms with E-state index in [-0.39, 0.29) is 0 Å². The number of hydrogen-bond acceptors (Lipinski definition) is 2. The molecule has 1 N–H and O–H groups in total. The van der Waals surface area contributed by atoms with E-state index < -0.39 is 0 Å². The zero-order valence-corrected chi connectivity index (χ0v) is 13.1. The van der Waals surface area contributed by atoms with Crippen molar-refractivity contribution in [3.63, 3.8) is 0 Å². The average molecular weight is 291 g/mol. The Kier molecular flexibility index (Phi) is 4.40. The van der Waals surface area contributed by atoms with E-state index in [4.69, 9.17) is 4.74 Å². The van der Waals surface area contributed by atoms with E-state index >= 15 is 0 Å². The van der Waals surface area contributed by atoms with Crippen molar-refractivity contribution in [2.75, 3.05) is 12.4 Å². The Morgan fingerprint density at radius 3 is 2.14 bits per heavy atom. The minimum absolute atomic E-state index is 0.635. The lowest BCUT2D eigenvalue weighted by Crippen LogP contribution is -2.04. The lowest BCUT2D eigenvalue weighted by Gasteiger charge is -2.13. The van der Waals surface area contributed by atoms with Crippen molar-refractivity contribution >= 4 is 16.5 Å². The van der Waals surface area contributed by atoms with Crippen LogP contribution in [0.5, 0.6) is 0 Å². The molecule has 0 radical (unpaired) electrons. The van der Waals surface area contributed by atoms with Crippen LogP contribution in [-0.4, -0.2) is 7.11 Å². The number of benzene rings is 3. The molecule has 0 fully saturated rings. The van der Waals surface area contributed by atoms with Crippen molar-refractivity contribution in [2.24, 2.45) is 0 Å². The summed E-state index contributed by atoms with van der Waals surface area (Å²) in [5.74, 6) is 0. The number of fused-ring (bicyclic) bond motifs is 1. The molecule has 0 amide bonds. The Morgan fingerprint density at radius 1 is 0.864 bits per heavy atom. The van der Waals surface area contributed by atoms with E-state index in [0.717, 1.165) is 12.2 Å². The summed E-state index contributed by atoms with van der Waals surface area (Å²) in [6.45, 7) is 3.53. The van der Waals surface area contributed by atoms with Crippen LogP contribution >= 0.6 is 0 Å². The smallest absolute Gasteiger partial charge is 0.0716 e. The molecule has 3 aromatic carbocycles. The van der Waals surface area contributed by atoms with Crippen molar-refractivity contribution in [3.8, 4) is 0 Å². The first-order chi connectivity index (χ1) is 10.8. The molecule has 112 valence electrons. The molecule has 2 nitrogen and oxygen atoms in total. The summed E-state index contributed by atoms with van der Waals surface area (Å²) in [7, 11) is 1.74. The fourth-order valence-electron chi connectivity index (χ4n) is 2.66. The molecule has 0 aliphatic heterocycles. The third-order valence-electron chi connectivity index (χ3n) is 3.90. The maximum atomic E-state index is 5.36. The Hall–Kier alpha value is -2.32. The normalized spacial score (nSPS) is 10.8. The number of rotatable bonds is 5. The zero-order valence-electron chi connectivity index (χ0n) is 13.1. The summed E-state index contributed by atoms with van der Waals surface area (Å²) in [6, 6.07) is 21.4. The third-order valence-corrected chi connectivity index (χ3v) is 3.90. The van der Waals surface area contributed by atoms with Gasteiger partial charge in [-0.3, -0.25) is 0 Å². The van der Waals surface area contributed by atoms with Crippen LogP contribution in [0.1, 0.15) is 16.7 Å². The highest BCUT2D eigenvalue weighted by atomic mass is 16.5. The molecule has 22 heavy (non-hydrogen) atoms. The van der Waals surface area contributed by atoms with Gasteiger partial charge in [0, 0.05) is 19.3 Å². The van der Waals surface area contributed by atoms with Crippen LogP contribution in [0.4, 0.5) is 5.69 Å². The molecule has 3 aromatic rings. The fourth-order valence-corrected chi connectivity index (χ4v) is 2.66. The lowest BCUT2D eigenvalue weighted by molar-refractivity contribution is 0.184. The van der Waals surface area contributed by atoms with E-state index in [0.29, 0.717) is 6.61 Å². The number of aryl methyl sites for hydroxylation is 1. The van der Waals surface area contributed by atoms with Gasteiger partial charge in [-0.1, -0.05) is 42.0 Å². The van der Waals surface area contributed by atoms with Gasteiger partial charge in [-0.2, -0.15) is 0 Å². The first kappa shape index (κ1) is 14.6. The third kappa shape index (κ3) is 3.29. The predicted molar refractivity (Wildman–Crippen MR) is 93.2 cm³/mol. The van der Waals surface area contributed by atoms with E-state index in [2.05, 4.69) is 72.9 Å². The van der Waals surface area contributed by atoms with Crippen LogP contribution in [0.25, 0.3) is 10.8 Å². The first-order valence-electron chi connectivity index (χ1n) is 7.56. The molecule has 0 heterocycles. The number of nitrogens with one attached hydrogen (secondary N) is 1. The summed E-state index contributed by atoms with van der Waals surface area (Å²) >= 11 is 0. The highest BCUT2D eigenvalue weighted by Crippen LogP contribution is 2.22. The van der Waals surface area contributed by atoms with E-state index in [9.17, 15) is 0 Å². The Balaban J connectivity index is 1.87. The molecule has 0 aliphatic carbocycles. The summed E-state index contributed by atoms with van der Waals surface area (Å²) in [6.07, 6.45) is 0. The second-order valence-electron chi connectivity index (χ2n) is 5.62. The summed E-state index contributed by atoms with van der Waals surface area (Å²) in [5.41, 5.74) is 4.93. The number of ether oxygens (including phenoxy) is 1. The quantitative estimate of drug-likeness (QED) is 0.721. The monoisotopic (exact) mass is 291 g/mol. The molecule has 0 aliphatic rings. The topological polar surface area (TPSA) is 21.3 Å². The van der Waals surface area contributed by atoms with E-state index in [1.165, 1.54) is 27.5 Å². The maximum absolute atomic E-state index is 5.36. The van der Waals surface area contributed by atoms with Gasteiger partial charge in [0.25, 0.3) is 0 Å². The van der Waals surface area contributed by atoms with E-state index in [1.807, 2.05) is 0 Å². The molecule has 0 unspecified atom stereocenters. The van der Waals surface area contributed by atoms with Crippen LogP contribution < -0.4 is 5.32 Å². The van der Waals surface area contributed by atoms with Gasteiger partial charge in [-0.15, -0.1) is 0 Å². The zero-order chi connectivity index (χ0) is 15.4. The Morgan fingerprint density at radius 2 is 1.50 bits per heavy atom. The fraction of sp³-hybridized carbons (Fsp3) is 0.200. The summed E-state index contributed by atoms with van der Waals surface area (Å²) in [4.78, 5) is 0. The summed E-state index contributed by atoms with van der Waals surface area (Å²) in [5, 5.41) is 6.02.